The standard InChI is InChI=1S/C15H18FNO4/c16-12-7-8-13(17(19)20)14(10-12)21-15(18)9-6-11-4-2-1-3-5-11/h7-8,10-11H,1-6,9H2. The van der Waals surface area contributed by atoms with Crippen LogP contribution in [0, 0.1) is 21.8 Å². The van der Waals surface area contributed by atoms with Crippen molar-refractivity contribution in [1.82, 2.24) is 0 Å². The summed E-state index contributed by atoms with van der Waals surface area (Å²) in [4.78, 5) is 21.9. The number of esters is 1. The topological polar surface area (TPSA) is 69.4 Å². The van der Waals surface area contributed by atoms with Gasteiger partial charge in [-0.05, 0) is 18.4 Å². The molecule has 0 radical (unpaired) electrons. The molecule has 1 aliphatic carbocycles. The average Bonchev–Trinajstić information content (AvgIpc) is 2.46. The summed E-state index contributed by atoms with van der Waals surface area (Å²) in [6.07, 6.45) is 6.79. The highest BCUT2D eigenvalue weighted by molar-refractivity contribution is 5.73. The van der Waals surface area contributed by atoms with E-state index >= 15 is 0 Å². The summed E-state index contributed by atoms with van der Waals surface area (Å²) in [6.45, 7) is 0. The van der Waals surface area contributed by atoms with Crippen LogP contribution in [0.4, 0.5) is 10.1 Å². The smallest absolute Gasteiger partial charge is 0.311 e. The van der Waals surface area contributed by atoms with Crippen molar-refractivity contribution in [3.05, 3.63) is 34.1 Å². The van der Waals surface area contributed by atoms with Crippen LogP contribution in [-0.2, 0) is 4.79 Å². The highest BCUT2D eigenvalue weighted by Crippen LogP contribution is 2.30. The highest BCUT2D eigenvalue weighted by Gasteiger charge is 2.20. The van der Waals surface area contributed by atoms with E-state index in [0.29, 0.717) is 5.92 Å². The molecule has 1 fully saturated rings. The lowest BCUT2D eigenvalue weighted by Crippen LogP contribution is -2.13. The van der Waals surface area contributed by atoms with E-state index in [1.807, 2.05) is 0 Å². The van der Waals surface area contributed by atoms with Crippen molar-refractivity contribution in [2.24, 2.45) is 5.92 Å². The van der Waals surface area contributed by atoms with Gasteiger partial charge in [0.05, 0.1) is 4.92 Å². The number of rotatable bonds is 5. The lowest BCUT2D eigenvalue weighted by atomic mass is 9.86. The largest absolute Gasteiger partial charge is 0.419 e. The van der Waals surface area contributed by atoms with Gasteiger partial charge in [-0.25, -0.2) is 4.39 Å². The molecular weight excluding hydrogens is 277 g/mol. The quantitative estimate of drug-likeness (QED) is 0.356. The minimum absolute atomic E-state index is 0.207. The first kappa shape index (κ1) is 15.4. The van der Waals surface area contributed by atoms with Gasteiger partial charge in [-0.2, -0.15) is 0 Å². The molecule has 0 bridgehead atoms. The number of halogens is 1. The van der Waals surface area contributed by atoms with Crippen molar-refractivity contribution in [3.63, 3.8) is 0 Å². The third-order valence-corrected chi connectivity index (χ3v) is 3.82. The number of nitrogens with zero attached hydrogens (tertiary/aromatic N) is 1. The second-order valence-corrected chi connectivity index (χ2v) is 5.39. The maximum absolute atomic E-state index is 13.1. The molecule has 2 rings (SSSR count). The van der Waals surface area contributed by atoms with Crippen LogP contribution in [0.1, 0.15) is 44.9 Å². The Kier molecular flexibility index (Phi) is 5.25. The van der Waals surface area contributed by atoms with Crippen molar-refractivity contribution < 1.29 is 18.8 Å². The fraction of sp³-hybridized carbons (Fsp3) is 0.533. The van der Waals surface area contributed by atoms with Crippen LogP contribution in [0.25, 0.3) is 0 Å². The molecule has 0 heterocycles. The zero-order valence-electron chi connectivity index (χ0n) is 11.7. The summed E-state index contributed by atoms with van der Waals surface area (Å²) in [7, 11) is 0. The van der Waals surface area contributed by atoms with Crippen molar-refractivity contribution >= 4 is 11.7 Å². The lowest BCUT2D eigenvalue weighted by molar-refractivity contribution is -0.385. The number of hydrogen-bond donors (Lipinski definition) is 0. The first-order valence-corrected chi connectivity index (χ1v) is 7.21. The Balaban J connectivity index is 1.92. The number of hydrogen-bond acceptors (Lipinski definition) is 4. The van der Waals surface area contributed by atoms with Gasteiger partial charge < -0.3 is 4.74 Å². The third kappa shape index (κ3) is 4.51. The van der Waals surface area contributed by atoms with Crippen molar-refractivity contribution in [1.29, 1.82) is 0 Å². The number of nitro benzene ring substituents is 1. The maximum atomic E-state index is 13.1. The van der Waals surface area contributed by atoms with Crippen LogP contribution in [-0.4, -0.2) is 10.9 Å². The molecule has 0 atom stereocenters. The number of carbonyl (C=O) groups is 1. The van der Waals surface area contributed by atoms with Gasteiger partial charge in [0, 0.05) is 18.6 Å². The first-order valence-electron chi connectivity index (χ1n) is 7.21. The van der Waals surface area contributed by atoms with E-state index in [1.165, 1.54) is 19.3 Å². The molecule has 1 aromatic rings. The van der Waals surface area contributed by atoms with E-state index < -0.39 is 22.4 Å². The molecule has 21 heavy (non-hydrogen) atoms. The summed E-state index contributed by atoms with van der Waals surface area (Å²) >= 11 is 0. The van der Waals surface area contributed by atoms with Crippen LogP contribution >= 0.6 is 0 Å². The van der Waals surface area contributed by atoms with Crippen molar-refractivity contribution in [2.45, 2.75) is 44.9 Å². The van der Waals surface area contributed by atoms with E-state index in [4.69, 9.17) is 4.74 Å². The predicted molar refractivity (Wildman–Crippen MR) is 74.5 cm³/mol. The minimum atomic E-state index is -0.691. The molecular formula is C15H18FNO4. The second kappa shape index (κ2) is 7.15. The molecule has 0 saturated heterocycles. The predicted octanol–water partition coefficient (Wildman–Crippen LogP) is 4.00. The zero-order chi connectivity index (χ0) is 15.2. The summed E-state index contributed by atoms with van der Waals surface area (Å²) in [5.41, 5.74) is -0.401. The molecule has 0 N–H and O–H groups in total. The summed E-state index contributed by atoms with van der Waals surface area (Å²) in [6, 6.07) is 2.84. The van der Waals surface area contributed by atoms with Crippen molar-refractivity contribution in [3.8, 4) is 5.75 Å². The monoisotopic (exact) mass is 295 g/mol. The van der Waals surface area contributed by atoms with Gasteiger partial charge in [0.1, 0.15) is 5.82 Å². The van der Waals surface area contributed by atoms with Crippen LogP contribution < -0.4 is 4.74 Å². The summed E-state index contributed by atoms with van der Waals surface area (Å²) in [5, 5.41) is 10.8. The molecule has 114 valence electrons. The van der Waals surface area contributed by atoms with E-state index in [9.17, 15) is 19.3 Å². The molecule has 0 aliphatic heterocycles. The van der Waals surface area contributed by atoms with Crippen LogP contribution in [0.2, 0.25) is 0 Å². The summed E-state index contributed by atoms with van der Waals surface area (Å²) in [5.74, 6) is -1.02. The normalized spacial score (nSPS) is 15.7. The Hall–Kier alpha value is -1.98. The highest BCUT2D eigenvalue weighted by atomic mass is 19.1. The van der Waals surface area contributed by atoms with Gasteiger partial charge >= 0.3 is 11.7 Å². The molecule has 5 nitrogen and oxygen atoms in total. The molecule has 6 heteroatoms. The average molecular weight is 295 g/mol. The minimum Gasteiger partial charge on any atom is -0.419 e. The molecule has 0 spiro atoms. The third-order valence-electron chi connectivity index (χ3n) is 3.82. The Bertz CT molecular complexity index is 526. The number of ether oxygens (including phenoxy) is 1. The Morgan fingerprint density at radius 3 is 2.71 bits per heavy atom. The molecule has 0 unspecified atom stereocenters. The fourth-order valence-electron chi connectivity index (χ4n) is 2.69. The van der Waals surface area contributed by atoms with E-state index in [2.05, 4.69) is 0 Å². The van der Waals surface area contributed by atoms with Gasteiger partial charge in [0.2, 0.25) is 5.75 Å². The second-order valence-electron chi connectivity index (χ2n) is 5.39. The molecule has 0 aromatic heterocycles. The molecule has 1 saturated carbocycles. The van der Waals surface area contributed by atoms with Gasteiger partial charge in [0.15, 0.2) is 0 Å². The van der Waals surface area contributed by atoms with E-state index in [-0.39, 0.29) is 12.2 Å². The number of carbonyl (C=O) groups excluding carboxylic acids is 1. The fourth-order valence-corrected chi connectivity index (χ4v) is 2.69. The maximum Gasteiger partial charge on any atom is 0.311 e. The van der Waals surface area contributed by atoms with Gasteiger partial charge in [0.25, 0.3) is 0 Å². The lowest BCUT2D eigenvalue weighted by Gasteiger charge is -2.20. The number of nitro groups is 1. The molecule has 0 amide bonds. The van der Waals surface area contributed by atoms with E-state index in [1.54, 1.807) is 0 Å². The van der Waals surface area contributed by atoms with Gasteiger partial charge in [-0.1, -0.05) is 32.1 Å². The Morgan fingerprint density at radius 1 is 1.33 bits per heavy atom. The van der Waals surface area contributed by atoms with Crippen molar-refractivity contribution in [2.75, 3.05) is 0 Å². The first-order chi connectivity index (χ1) is 10.1. The van der Waals surface area contributed by atoms with E-state index in [0.717, 1.165) is 37.5 Å². The van der Waals surface area contributed by atoms with Gasteiger partial charge in [-0.15, -0.1) is 0 Å². The van der Waals surface area contributed by atoms with Crippen LogP contribution in [0.15, 0.2) is 18.2 Å². The van der Waals surface area contributed by atoms with Crippen LogP contribution in [0.5, 0.6) is 5.75 Å². The SMILES string of the molecule is O=C(CCC1CCCCC1)Oc1cc(F)ccc1[N+](=O)[O-]. The van der Waals surface area contributed by atoms with Gasteiger partial charge in [-0.3, -0.25) is 14.9 Å². The Labute approximate surface area is 122 Å². The summed E-state index contributed by atoms with van der Waals surface area (Å²) < 4.78 is 18.1. The molecule has 1 aromatic carbocycles. The zero-order valence-corrected chi connectivity index (χ0v) is 11.7. The Morgan fingerprint density at radius 2 is 2.05 bits per heavy atom. The van der Waals surface area contributed by atoms with Crippen LogP contribution in [0.3, 0.4) is 0 Å². The number of benzene rings is 1. The molecule has 1 aliphatic rings.